The third-order valence-electron chi connectivity index (χ3n) is 5.57. The van der Waals surface area contributed by atoms with Crippen molar-refractivity contribution in [2.75, 3.05) is 12.4 Å². The molecule has 3 atom stereocenters. The third kappa shape index (κ3) is 10.4. The van der Waals surface area contributed by atoms with Crippen LogP contribution in [0.25, 0.3) is 0 Å². The number of halogens is 1. The van der Waals surface area contributed by atoms with Gasteiger partial charge in [-0.15, -0.1) is 11.6 Å². The highest BCUT2D eigenvalue weighted by Crippen LogP contribution is 2.08. The van der Waals surface area contributed by atoms with Crippen molar-refractivity contribution in [3.8, 4) is 0 Å². The average molecular weight is 529 g/mol. The summed E-state index contributed by atoms with van der Waals surface area (Å²) >= 11 is 5.56. The number of carbonyl (C=O) groups excluding carboxylic acids is 4. The molecule has 0 aromatic heterocycles. The Labute approximate surface area is 221 Å². The maximum atomic E-state index is 13.3. The second kappa shape index (κ2) is 15.4. The summed E-state index contributed by atoms with van der Waals surface area (Å²) in [6, 6.07) is 15.2. The second-order valence-electron chi connectivity index (χ2n) is 8.51. The van der Waals surface area contributed by atoms with Gasteiger partial charge in [0.05, 0.1) is 18.0 Å². The lowest BCUT2D eigenvalue weighted by Gasteiger charge is -2.24. The quantitative estimate of drug-likeness (QED) is 0.0636. The SMILES string of the molecule is N=C(N)NCCC[C@H](NC(=O)[C@H](Cc1ccccc1)NC(=O)[C@@H](N)Cc1ccccc1)C(=O)C(=O)CCl. The van der Waals surface area contributed by atoms with Crippen molar-refractivity contribution in [1.82, 2.24) is 16.0 Å². The number of ketones is 2. The zero-order valence-electron chi connectivity index (χ0n) is 20.4. The molecule has 0 bridgehead atoms. The van der Waals surface area contributed by atoms with Gasteiger partial charge in [0, 0.05) is 13.0 Å². The van der Waals surface area contributed by atoms with Crippen LogP contribution in [0.1, 0.15) is 24.0 Å². The Balaban J connectivity index is 2.16. The van der Waals surface area contributed by atoms with Gasteiger partial charge in [-0.1, -0.05) is 60.7 Å². The summed E-state index contributed by atoms with van der Waals surface area (Å²) < 4.78 is 0. The van der Waals surface area contributed by atoms with Crippen LogP contribution in [0.4, 0.5) is 0 Å². The van der Waals surface area contributed by atoms with Gasteiger partial charge in [-0.2, -0.15) is 0 Å². The molecule has 0 radical (unpaired) electrons. The summed E-state index contributed by atoms with van der Waals surface area (Å²) in [5.41, 5.74) is 13.0. The number of nitrogens with two attached hydrogens (primary N) is 2. The maximum absolute atomic E-state index is 13.3. The molecule has 8 N–H and O–H groups in total. The van der Waals surface area contributed by atoms with Gasteiger partial charge in [0.1, 0.15) is 6.04 Å². The third-order valence-corrected chi connectivity index (χ3v) is 5.81. The first-order chi connectivity index (χ1) is 17.7. The number of Topliss-reactive ketones (excluding diaryl/α,β-unsaturated/α-hetero) is 2. The molecule has 0 aliphatic rings. The first-order valence-corrected chi connectivity index (χ1v) is 12.4. The molecule has 0 unspecified atom stereocenters. The summed E-state index contributed by atoms with van der Waals surface area (Å²) in [6.45, 7) is 0.266. The lowest BCUT2D eigenvalue weighted by atomic mass is 10.0. The highest BCUT2D eigenvalue weighted by Gasteiger charge is 2.30. The fraction of sp³-hybridized carbons (Fsp3) is 0.346. The molecule has 2 amide bonds. The first-order valence-electron chi connectivity index (χ1n) is 11.9. The Hall–Kier alpha value is -3.76. The Bertz CT molecular complexity index is 1070. The number of guanidine groups is 1. The van der Waals surface area contributed by atoms with Gasteiger partial charge in [0.15, 0.2) is 5.96 Å². The molecule has 0 aliphatic carbocycles. The molecule has 2 aromatic rings. The molecule has 2 rings (SSSR count). The van der Waals surface area contributed by atoms with E-state index >= 15 is 0 Å². The van der Waals surface area contributed by atoms with E-state index in [0.717, 1.165) is 11.1 Å². The van der Waals surface area contributed by atoms with Crippen molar-refractivity contribution in [1.29, 1.82) is 5.41 Å². The Kier molecular flexibility index (Phi) is 12.2. The van der Waals surface area contributed by atoms with Crippen LogP contribution in [0.5, 0.6) is 0 Å². The van der Waals surface area contributed by atoms with E-state index in [-0.39, 0.29) is 31.8 Å². The summed E-state index contributed by atoms with van der Waals surface area (Å²) in [6.07, 6.45) is 0.865. The fourth-order valence-electron chi connectivity index (χ4n) is 3.63. The lowest BCUT2D eigenvalue weighted by Crippen LogP contribution is -2.56. The van der Waals surface area contributed by atoms with Gasteiger partial charge in [0.25, 0.3) is 0 Å². The smallest absolute Gasteiger partial charge is 0.243 e. The predicted molar refractivity (Wildman–Crippen MR) is 142 cm³/mol. The monoisotopic (exact) mass is 528 g/mol. The number of hydrogen-bond acceptors (Lipinski definition) is 6. The van der Waals surface area contributed by atoms with Gasteiger partial charge in [0.2, 0.25) is 23.4 Å². The highest BCUT2D eigenvalue weighted by molar-refractivity contribution is 6.48. The van der Waals surface area contributed by atoms with Crippen molar-refractivity contribution in [2.45, 2.75) is 43.8 Å². The van der Waals surface area contributed by atoms with E-state index in [2.05, 4.69) is 16.0 Å². The van der Waals surface area contributed by atoms with Gasteiger partial charge in [-0.25, -0.2) is 0 Å². The van der Waals surface area contributed by atoms with E-state index in [1.54, 1.807) is 12.1 Å². The molecule has 0 saturated carbocycles. The van der Waals surface area contributed by atoms with Crippen LogP contribution in [0, 0.1) is 5.41 Å². The van der Waals surface area contributed by atoms with Crippen molar-refractivity contribution in [3.63, 3.8) is 0 Å². The van der Waals surface area contributed by atoms with Crippen LogP contribution in [-0.2, 0) is 32.0 Å². The van der Waals surface area contributed by atoms with Crippen molar-refractivity contribution in [3.05, 3.63) is 71.8 Å². The number of alkyl halides is 1. The van der Waals surface area contributed by atoms with Crippen molar-refractivity contribution in [2.24, 2.45) is 11.5 Å². The lowest BCUT2D eigenvalue weighted by molar-refractivity contribution is -0.138. The summed E-state index contributed by atoms with van der Waals surface area (Å²) in [5, 5.41) is 15.1. The number of amides is 2. The molecule has 10 nitrogen and oxygen atoms in total. The fourth-order valence-corrected chi connectivity index (χ4v) is 3.76. The molecule has 0 saturated heterocycles. The average Bonchev–Trinajstić information content (AvgIpc) is 2.89. The van der Waals surface area contributed by atoms with Crippen LogP contribution < -0.4 is 27.4 Å². The van der Waals surface area contributed by atoms with Crippen molar-refractivity contribution < 1.29 is 19.2 Å². The van der Waals surface area contributed by atoms with E-state index in [9.17, 15) is 19.2 Å². The minimum Gasteiger partial charge on any atom is -0.370 e. The molecule has 0 fully saturated rings. The van der Waals surface area contributed by atoms with Gasteiger partial charge < -0.3 is 27.4 Å². The van der Waals surface area contributed by atoms with E-state index in [1.807, 2.05) is 48.5 Å². The maximum Gasteiger partial charge on any atom is 0.243 e. The molecule has 2 aromatic carbocycles. The largest absolute Gasteiger partial charge is 0.370 e. The minimum absolute atomic E-state index is 0.104. The van der Waals surface area contributed by atoms with E-state index in [0.29, 0.717) is 6.42 Å². The number of rotatable bonds is 15. The molecule has 0 heterocycles. The van der Waals surface area contributed by atoms with Crippen LogP contribution in [0.3, 0.4) is 0 Å². The molecular formula is C26H33ClN6O4. The van der Waals surface area contributed by atoms with Gasteiger partial charge >= 0.3 is 0 Å². The Morgan fingerprint density at radius 3 is 1.92 bits per heavy atom. The molecule has 11 heteroatoms. The van der Waals surface area contributed by atoms with Crippen LogP contribution in [0.2, 0.25) is 0 Å². The molecule has 0 spiro atoms. The normalized spacial score (nSPS) is 13.0. The Morgan fingerprint density at radius 2 is 1.38 bits per heavy atom. The molecule has 37 heavy (non-hydrogen) atoms. The first kappa shape index (κ1) is 29.5. The predicted octanol–water partition coefficient (Wildman–Crippen LogP) is 0.409. The highest BCUT2D eigenvalue weighted by atomic mass is 35.5. The van der Waals surface area contributed by atoms with Crippen LogP contribution in [-0.4, -0.2) is 59.9 Å². The molecule has 0 aliphatic heterocycles. The number of carbonyl (C=O) groups is 4. The Morgan fingerprint density at radius 1 is 0.838 bits per heavy atom. The molecule has 198 valence electrons. The second-order valence-corrected chi connectivity index (χ2v) is 8.78. The minimum atomic E-state index is -1.15. The summed E-state index contributed by atoms with van der Waals surface area (Å²) in [7, 11) is 0. The topological polar surface area (TPSA) is 180 Å². The van der Waals surface area contributed by atoms with Crippen LogP contribution >= 0.6 is 11.6 Å². The van der Waals surface area contributed by atoms with Gasteiger partial charge in [-0.3, -0.25) is 24.6 Å². The van der Waals surface area contributed by atoms with Crippen LogP contribution in [0.15, 0.2) is 60.7 Å². The molecular weight excluding hydrogens is 496 g/mol. The zero-order chi connectivity index (χ0) is 27.2. The van der Waals surface area contributed by atoms with E-state index in [1.165, 1.54) is 0 Å². The standard InChI is InChI=1S/C26H33ClN6O4/c27-16-22(34)23(35)20(12-7-13-31-26(29)30)32-25(37)21(15-18-10-5-2-6-11-18)33-24(36)19(28)14-17-8-3-1-4-9-17/h1-6,8-11,19-21H,7,12-16,28H2,(H,32,37)(H,33,36)(H4,29,30,31)/t19-,20-,21-/m0/s1. The van der Waals surface area contributed by atoms with E-state index < -0.39 is 47.4 Å². The number of benzene rings is 2. The van der Waals surface area contributed by atoms with Gasteiger partial charge in [-0.05, 0) is 30.4 Å². The number of nitrogens with one attached hydrogen (secondary N) is 4. The van der Waals surface area contributed by atoms with E-state index in [4.69, 9.17) is 28.5 Å². The zero-order valence-corrected chi connectivity index (χ0v) is 21.2. The van der Waals surface area contributed by atoms with Crippen molar-refractivity contribution >= 4 is 40.9 Å². The number of hydrogen-bond donors (Lipinski definition) is 6. The summed E-state index contributed by atoms with van der Waals surface area (Å²) in [4.78, 5) is 50.8. The summed E-state index contributed by atoms with van der Waals surface area (Å²) in [5.74, 6) is -3.58.